The van der Waals surface area contributed by atoms with Gasteiger partial charge in [-0.25, -0.2) is 0 Å². The number of carbonyl (C=O) groups is 1. The molecule has 0 N–H and O–H groups in total. The Morgan fingerprint density at radius 2 is 1.74 bits per heavy atom. The summed E-state index contributed by atoms with van der Waals surface area (Å²) in [5, 5.41) is 1.09. The molecule has 0 unspecified atom stereocenters. The van der Waals surface area contributed by atoms with Gasteiger partial charge in [-0.3, -0.25) is 4.79 Å². The third-order valence-electron chi connectivity index (χ3n) is 4.05. The van der Waals surface area contributed by atoms with E-state index >= 15 is 0 Å². The van der Waals surface area contributed by atoms with Gasteiger partial charge in [0, 0.05) is 27.2 Å². The molecule has 3 rings (SSSR count). The van der Waals surface area contributed by atoms with Crippen LogP contribution in [-0.4, -0.2) is 18.2 Å². The lowest BCUT2D eigenvalue weighted by molar-refractivity contribution is 0.112. The third kappa shape index (κ3) is 3.81. The third-order valence-corrected chi connectivity index (χ3v) is 5.72. The molecule has 0 aliphatic carbocycles. The van der Waals surface area contributed by atoms with Gasteiger partial charge in [0.05, 0.1) is 11.4 Å². The van der Waals surface area contributed by atoms with E-state index < -0.39 is 0 Å². The van der Waals surface area contributed by atoms with Crippen LogP contribution < -0.4 is 4.90 Å². The molecular formula is C19H20BrNOS. The summed E-state index contributed by atoms with van der Waals surface area (Å²) in [6.45, 7) is 1.02. The van der Waals surface area contributed by atoms with Crippen LogP contribution in [0.2, 0.25) is 0 Å². The minimum atomic E-state index is 0.743. The van der Waals surface area contributed by atoms with Gasteiger partial charge in [0.25, 0.3) is 0 Å². The second-order valence-corrected chi connectivity index (χ2v) is 7.55. The molecular weight excluding hydrogens is 370 g/mol. The molecule has 120 valence electrons. The van der Waals surface area contributed by atoms with Crippen molar-refractivity contribution >= 4 is 45.4 Å². The number of rotatable bonds is 7. The first-order chi connectivity index (χ1) is 11.3. The van der Waals surface area contributed by atoms with Crippen molar-refractivity contribution < 1.29 is 4.79 Å². The Labute approximate surface area is 150 Å². The highest BCUT2D eigenvalue weighted by molar-refractivity contribution is 9.09. The van der Waals surface area contributed by atoms with Crippen LogP contribution in [0.25, 0.3) is 0 Å². The summed E-state index contributed by atoms with van der Waals surface area (Å²) in [5.41, 5.74) is 3.25. The first-order valence-corrected chi connectivity index (χ1v) is 9.97. The van der Waals surface area contributed by atoms with E-state index in [0.717, 1.165) is 23.7 Å². The minimum Gasteiger partial charge on any atom is -0.340 e. The predicted molar refractivity (Wildman–Crippen MR) is 102 cm³/mol. The smallest absolute Gasteiger partial charge is 0.150 e. The highest BCUT2D eigenvalue weighted by Gasteiger charge is 2.22. The van der Waals surface area contributed by atoms with Gasteiger partial charge in [-0.1, -0.05) is 52.7 Å². The molecule has 0 aromatic heterocycles. The molecule has 0 spiro atoms. The number of nitrogens with zero attached hydrogens (tertiary/aromatic N) is 1. The van der Waals surface area contributed by atoms with E-state index in [0.29, 0.717) is 0 Å². The zero-order chi connectivity index (χ0) is 16.1. The number of benzene rings is 2. The van der Waals surface area contributed by atoms with E-state index in [4.69, 9.17) is 0 Å². The van der Waals surface area contributed by atoms with Crippen molar-refractivity contribution in [3.63, 3.8) is 0 Å². The number of carbonyl (C=O) groups excluding carboxylic acids is 1. The molecule has 2 nitrogen and oxygen atoms in total. The monoisotopic (exact) mass is 389 g/mol. The van der Waals surface area contributed by atoms with Crippen molar-refractivity contribution in [2.45, 2.75) is 35.5 Å². The maximum atomic E-state index is 11.1. The predicted octanol–water partition coefficient (Wildman–Crippen LogP) is 6.06. The van der Waals surface area contributed by atoms with Gasteiger partial charge in [-0.15, -0.1) is 0 Å². The molecule has 0 saturated carbocycles. The Bertz CT molecular complexity index is 689. The van der Waals surface area contributed by atoms with Crippen LogP contribution in [-0.2, 0) is 0 Å². The van der Waals surface area contributed by atoms with Crippen molar-refractivity contribution in [2.24, 2.45) is 0 Å². The molecule has 0 saturated heterocycles. The number of fused-ring (bicyclic) bond motifs is 2. The fourth-order valence-electron chi connectivity index (χ4n) is 2.88. The Morgan fingerprint density at radius 3 is 2.57 bits per heavy atom. The minimum absolute atomic E-state index is 0.743. The van der Waals surface area contributed by atoms with Gasteiger partial charge >= 0.3 is 0 Å². The van der Waals surface area contributed by atoms with Crippen LogP contribution in [0.4, 0.5) is 11.4 Å². The fraction of sp³-hybridized carbons (Fsp3) is 0.316. The Kier molecular flexibility index (Phi) is 5.79. The van der Waals surface area contributed by atoms with Crippen LogP contribution in [0.5, 0.6) is 0 Å². The number of aldehydes is 1. The number of unbranched alkanes of at least 4 members (excludes halogenated alkanes) is 3. The first kappa shape index (κ1) is 16.6. The van der Waals surface area contributed by atoms with Crippen LogP contribution in [0.3, 0.4) is 0 Å². The topological polar surface area (TPSA) is 20.3 Å². The summed E-state index contributed by atoms with van der Waals surface area (Å²) in [6.07, 6.45) is 5.87. The normalized spacial score (nSPS) is 12.7. The average molecular weight is 390 g/mol. The quantitative estimate of drug-likeness (QED) is 0.326. The van der Waals surface area contributed by atoms with E-state index in [9.17, 15) is 4.79 Å². The number of halogens is 1. The Hall–Kier alpha value is -1.26. The molecule has 1 aliphatic heterocycles. The van der Waals surface area contributed by atoms with E-state index in [2.05, 4.69) is 51.2 Å². The molecule has 2 aromatic carbocycles. The van der Waals surface area contributed by atoms with Gasteiger partial charge in [0.1, 0.15) is 6.29 Å². The first-order valence-electron chi connectivity index (χ1n) is 8.03. The summed E-state index contributed by atoms with van der Waals surface area (Å²) < 4.78 is 0. The molecule has 0 radical (unpaired) electrons. The van der Waals surface area contributed by atoms with Crippen molar-refractivity contribution in [1.29, 1.82) is 0 Å². The van der Waals surface area contributed by atoms with Crippen LogP contribution in [0, 0.1) is 0 Å². The number of para-hydroxylation sites is 1. The second-order valence-electron chi connectivity index (χ2n) is 5.67. The van der Waals surface area contributed by atoms with Crippen LogP contribution in [0.1, 0.15) is 36.0 Å². The SMILES string of the molecule is O=Cc1ccc2c(c1)Sc1ccccc1N2CCCCCCBr. The highest BCUT2D eigenvalue weighted by Crippen LogP contribution is 2.48. The standard InChI is InChI=1S/C19H20BrNOS/c20-11-5-1-2-6-12-21-16-7-3-4-8-18(16)23-19-13-15(14-22)9-10-17(19)21/h3-4,7-10,13-14H,1-2,5-6,11-12H2. The van der Waals surface area contributed by atoms with Gasteiger partial charge in [0.2, 0.25) is 0 Å². The number of anilines is 2. The molecule has 0 amide bonds. The maximum Gasteiger partial charge on any atom is 0.150 e. The molecule has 1 aliphatic rings. The van der Waals surface area contributed by atoms with Gasteiger partial charge in [0.15, 0.2) is 0 Å². The summed E-state index contributed by atoms with van der Waals surface area (Å²) in [7, 11) is 0. The largest absolute Gasteiger partial charge is 0.340 e. The fourth-order valence-corrected chi connectivity index (χ4v) is 4.42. The van der Waals surface area contributed by atoms with E-state index in [1.165, 1.54) is 46.8 Å². The van der Waals surface area contributed by atoms with Gasteiger partial charge < -0.3 is 4.90 Å². The van der Waals surface area contributed by atoms with Crippen molar-refractivity contribution in [3.05, 3.63) is 48.0 Å². The second kappa shape index (κ2) is 8.02. The van der Waals surface area contributed by atoms with Gasteiger partial charge in [-0.2, -0.15) is 0 Å². The number of alkyl halides is 1. The van der Waals surface area contributed by atoms with Crippen LogP contribution in [0.15, 0.2) is 52.3 Å². The molecule has 0 bridgehead atoms. The Balaban J connectivity index is 1.84. The average Bonchev–Trinajstić information content (AvgIpc) is 2.60. The van der Waals surface area contributed by atoms with E-state index in [1.54, 1.807) is 11.8 Å². The Morgan fingerprint density at radius 1 is 0.957 bits per heavy atom. The van der Waals surface area contributed by atoms with Gasteiger partial charge in [-0.05, 0) is 43.2 Å². The summed E-state index contributed by atoms with van der Waals surface area (Å²) >= 11 is 5.25. The molecule has 1 heterocycles. The lowest BCUT2D eigenvalue weighted by Crippen LogP contribution is -2.22. The lowest BCUT2D eigenvalue weighted by atomic mass is 10.1. The van der Waals surface area contributed by atoms with E-state index in [-0.39, 0.29) is 0 Å². The van der Waals surface area contributed by atoms with E-state index in [1.807, 2.05) is 12.1 Å². The molecule has 4 heteroatoms. The number of hydrogen-bond acceptors (Lipinski definition) is 3. The molecule has 0 atom stereocenters. The maximum absolute atomic E-state index is 11.1. The zero-order valence-electron chi connectivity index (χ0n) is 13.0. The summed E-state index contributed by atoms with van der Waals surface area (Å²) in [6, 6.07) is 14.5. The molecule has 0 fully saturated rings. The summed E-state index contributed by atoms with van der Waals surface area (Å²) in [4.78, 5) is 15.9. The highest BCUT2D eigenvalue weighted by atomic mass is 79.9. The zero-order valence-corrected chi connectivity index (χ0v) is 15.4. The summed E-state index contributed by atoms with van der Waals surface area (Å²) in [5.74, 6) is 0. The van der Waals surface area contributed by atoms with Crippen molar-refractivity contribution in [1.82, 2.24) is 0 Å². The lowest BCUT2D eigenvalue weighted by Gasteiger charge is -2.33. The van der Waals surface area contributed by atoms with Crippen molar-refractivity contribution in [3.8, 4) is 0 Å². The van der Waals surface area contributed by atoms with Crippen LogP contribution >= 0.6 is 27.7 Å². The molecule has 2 aromatic rings. The van der Waals surface area contributed by atoms with Crippen molar-refractivity contribution in [2.75, 3.05) is 16.8 Å². The number of hydrogen-bond donors (Lipinski definition) is 0. The molecule has 23 heavy (non-hydrogen) atoms.